The number of benzene rings is 1. The Balaban J connectivity index is 1.81. The molecule has 1 aromatic carbocycles. The monoisotopic (exact) mass is 272 g/mol. The fourth-order valence-electron chi connectivity index (χ4n) is 4.87. The van der Waals surface area contributed by atoms with Crippen LogP contribution in [0.4, 0.5) is 0 Å². The van der Waals surface area contributed by atoms with Gasteiger partial charge in [0.2, 0.25) is 0 Å². The standard InChI is InChI=1S/C17H20OS/c1-16(2)12-7-14(16)17(10-18)9-11-5-3-4-6-13(11)19-15(17)8-12/h3-6,10,12,14-15H,7-9H2,1-2H3. The maximum atomic E-state index is 12.0. The van der Waals surface area contributed by atoms with Crippen LogP contribution in [0, 0.1) is 22.7 Å². The maximum absolute atomic E-state index is 12.0. The number of carbonyl (C=O) groups is 1. The molecule has 0 radical (unpaired) electrons. The van der Waals surface area contributed by atoms with Crippen LogP contribution in [0.5, 0.6) is 0 Å². The maximum Gasteiger partial charge on any atom is 0.127 e. The first-order valence-electron chi connectivity index (χ1n) is 7.29. The number of thioether (sulfide) groups is 1. The summed E-state index contributed by atoms with van der Waals surface area (Å²) in [5, 5.41) is 0.511. The van der Waals surface area contributed by atoms with Gasteiger partial charge < -0.3 is 4.79 Å². The van der Waals surface area contributed by atoms with E-state index in [4.69, 9.17) is 0 Å². The van der Waals surface area contributed by atoms with E-state index in [0.29, 0.717) is 16.6 Å². The third-order valence-corrected chi connectivity index (χ3v) is 7.74. The fraction of sp³-hybridized carbons (Fsp3) is 0.588. The van der Waals surface area contributed by atoms with Crippen molar-refractivity contribution in [2.75, 3.05) is 0 Å². The number of hydrogen-bond donors (Lipinski definition) is 0. The van der Waals surface area contributed by atoms with E-state index in [1.165, 1.54) is 29.6 Å². The lowest BCUT2D eigenvalue weighted by molar-refractivity contribution is -0.162. The van der Waals surface area contributed by atoms with Gasteiger partial charge in [-0.05, 0) is 48.1 Å². The Morgan fingerprint density at radius 3 is 2.79 bits per heavy atom. The molecule has 1 heterocycles. The first-order chi connectivity index (χ1) is 9.08. The number of aldehydes is 1. The molecule has 4 atom stereocenters. The van der Waals surface area contributed by atoms with Crippen LogP contribution >= 0.6 is 11.8 Å². The molecule has 3 aliphatic carbocycles. The molecule has 3 fully saturated rings. The summed E-state index contributed by atoms with van der Waals surface area (Å²) in [6.07, 6.45) is 4.78. The second-order valence-corrected chi connectivity index (χ2v) is 8.41. The van der Waals surface area contributed by atoms with E-state index in [-0.39, 0.29) is 5.41 Å². The van der Waals surface area contributed by atoms with Crippen LogP contribution in [0.25, 0.3) is 0 Å². The lowest BCUT2D eigenvalue weighted by Gasteiger charge is -2.67. The summed E-state index contributed by atoms with van der Waals surface area (Å²) >= 11 is 1.97. The van der Waals surface area contributed by atoms with Gasteiger partial charge in [0, 0.05) is 15.6 Å². The van der Waals surface area contributed by atoms with Gasteiger partial charge in [0.05, 0.1) is 0 Å². The molecule has 100 valence electrons. The molecule has 2 heteroatoms. The summed E-state index contributed by atoms with van der Waals surface area (Å²) in [5.41, 5.74) is 1.65. The summed E-state index contributed by atoms with van der Waals surface area (Å²) in [5.74, 6) is 1.41. The molecule has 0 aromatic heterocycles. The van der Waals surface area contributed by atoms with Crippen molar-refractivity contribution in [3.63, 3.8) is 0 Å². The highest BCUT2D eigenvalue weighted by Gasteiger charge is 2.66. The van der Waals surface area contributed by atoms with Gasteiger partial charge in [-0.2, -0.15) is 0 Å². The van der Waals surface area contributed by atoms with Crippen molar-refractivity contribution >= 4 is 18.0 Å². The van der Waals surface area contributed by atoms with Gasteiger partial charge in [-0.25, -0.2) is 0 Å². The van der Waals surface area contributed by atoms with Crippen LogP contribution in [0.1, 0.15) is 32.3 Å². The lowest BCUT2D eigenvalue weighted by atomic mass is 9.40. The summed E-state index contributed by atoms with van der Waals surface area (Å²) in [6, 6.07) is 8.66. The van der Waals surface area contributed by atoms with Crippen molar-refractivity contribution in [2.45, 2.75) is 43.3 Å². The molecule has 0 N–H and O–H groups in total. The van der Waals surface area contributed by atoms with Gasteiger partial charge in [-0.3, -0.25) is 0 Å². The SMILES string of the molecule is CC1(C)C2CC3Sc4ccccc4CC3(C=O)C1C2. The van der Waals surface area contributed by atoms with Crippen molar-refractivity contribution < 1.29 is 4.79 Å². The Bertz CT molecular complexity index is 550. The highest BCUT2D eigenvalue weighted by atomic mass is 32.2. The van der Waals surface area contributed by atoms with Crippen molar-refractivity contribution in [2.24, 2.45) is 22.7 Å². The molecule has 1 aliphatic heterocycles. The Morgan fingerprint density at radius 1 is 1.26 bits per heavy atom. The highest BCUT2D eigenvalue weighted by molar-refractivity contribution is 8.00. The summed E-state index contributed by atoms with van der Waals surface area (Å²) in [6.45, 7) is 4.75. The zero-order valence-electron chi connectivity index (χ0n) is 11.6. The van der Waals surface area contributed by atoms with Gasteiger partial charge in [-0.1, -0.05) is 32.0 Å². The molecule has 0 saturated heterocycles. The summed E-state index contributed by atoms with van der Waals surface area (Å²) in [4.78, 5) is 13.4. The van der Waals surface area contributed by atoms with Crippen LogP contribution in [0.2, 0.25) is 0 Å². The van der Waals surface area contributed by atoms with Gasteiger partial charge in [0.15, 0.2) is 0 Å². The van der Waals surface area contributed by atoms with E-state index in [1.807, 2.05) is 11.8 Å². The molecule has 5 rings (SSSR count). The molecule has 3 saturated carbocycles. The van der Waals surface area contributed by atoms with Gasteiger partial charge in [-0.15, -0.1) is 11.8 Å². The van der Waals surface area contributed by atoms with Crippen molar-refractivity contribution in [1.29, 1.82) is 0 Å². The molecule has 4 aliphatic rings. The first-order valence-corrected chi connectivity index (χ1v) is 8.17. The first kappa shape index (κ1) is 12.0. The fourth-order valence-corrected chi connectivity index (χ4v) is 6.48. The third kappa shape index (κ3) is 1.36. The number of fused-ring (bicyclic) bond motifs is 1. The Morgan fingerprint density at radius 2 is 2.05 bits per heavy atom. The van der Waals surface area contributed by atoms with E-state index in [9.17, 15) is 4.79 Å². The predicted octanol–water partition coefficient (Wildman–Crippen LogP) is 3.95. The smallest absolute Gasteiger partial charge is 0.127 e. The topological polar surface area (TPSA) is 17.1 Å². The van der Waals surface area contributed by atoms with E-state index < -0.39 is 0 Å². The molecular formula is C17H20OS. The largest absolute Gasteiger partial charge is 0.303 e. The van der Waals surface area contributed by atoms with E-state index in [2.05, 4.69) is 38.1 Å². The average molecular weight is 272 g/mol. The molecule has 0 amide bonds. The number of hydrogen-bond acceptors (Lipinski definition) is 2. The van der Waals surface area contributed by atoms with Crippen molar-refractivity contribution in [3.8, 4) is 0 Å². The molecule has 0 spiro atoms. The van der Waals surface area contributed by atoms with Crippen LogP contribution in [-0.4, -0.2) is 11.5 Å². The Hall–Kier alpha value is -0.760. The van der Waals surface area contributed by atoms with Gasteiger partial charge in [0.1, 0.15) is 6.29 Å². The Kier molecular flexibility index (Phi) is 2.32. The quantitative estimate of drug-likeness (QED) is 0.720. The molecule has 2 bridgehead atoms. The van der Waals surface area contributed by atoms with Gasteiger partial charge in [0.25, 0.3) is 0 Å². The zero-order valence-corrected chi connectivity index (χ0v) is 12.4. The minimum Gasteiger partial charge on any atom is -0.303 e. The minimum absolute atomic E-state index is 0.0999. The normalized spacial score (nSPS) is 41.7. The van der Waals surface area contributed by atoms with Crippen LogP contribution < -0.4 is 0 Å². The lowest BCUT2D eigenvalue weighted by Crippen LogP contribution is -2.65. The van der Waals surface area contributed by atoms with Crippen LogP contribution in [0.3, 0.4) is 0 Å². The van der Waals surface area contributed by atoms with Crippen molar-refractivity contribution in [3.05, 3.63) is 29.8 Å². The van der Waals surface area contributed by atoms with Crippen LogP contribution in [-0.2, 0) is 11.2 Å². The number of rotatable bonds is 1. The van der Waals surface area contributed by atoms with Gasteiger partial charge >= 0.3 is 0 Å². The van der Waals surface area contributed by atoms with E-state index in [1.54, 1.807) is 0 Å². The summed E-state index contributed by atoms with van der Waals surface area (Å²) < 4.78 is 0. The highest BCUT2D eigenvalue weighted by Crippen LogP contribution is 2.70. The third-order valence-electron chi connectivity index (χ3n) is 6.18. The Labute approximate surface area is 119 Å². The molecule has 1 aromatic rings. The minimum atomic E-state index is -0.0999. The summed E-state index contributed by atoms with van der Waals surface area (Å²) in [7, 11) is 0. The van der Waals surface area contributed by atoms with E-state index in [0.717, 1.165) is 12.3 Å². The molecular weight excluding hydrogens is 252 g/mol. The molecule has 4 unspecified atom stereocenters. The zero-order chi connectivity index (χ0) is 13.3. The molecule has 19 heavy (non-hydrogen) atoms. The van der Waals surface area contributed by atoms with Crippen LogP contribution in [0.15, 0.2) is 29.2 Å². The molecule has 1 nitrogen and oxygen atoms in total. The average Bonchev–Trinajstić information content (AvgIpc) is 2.43. The second-order valence-electron chi connectivity index (χ2n) is 7.16. The number of carbonyl (C=O) groups excluding carboxylic acids is 1. The van der Waals surface area contributed by atoms with Crippen molar-refractivity contribution in [1.82, 2.24) is 0 Å². The van der Waals surface area contributed by atoms with E-state index >= 15 is 0 Å². The predicted molar refractivity (Wildman–Crippen MR) is 78.3 cm³/mol. The second kappa shape index (κ2) is 3.66.